The summed E-state index contributed by atoms with van der Waals surface area (Å²) in [6, 6.07) is 5.43. The Balaban J connectivity index is 2.69. The molecule has 0 fully saturated rings. The van der Waals surface area contributed by atoms with Crippen molar-refractivity contribution in [2.75, 3.05) is 0 Å². The maximum absolute atomic E-state index is 11.7. The molecule has 1 aromatic heterocycles. The van der Waals surface area contributed by atoms with Crippen molar-refractivity contribution in [3.8, 4) is 5.69 Å². The van der Waals surface area contributed by atoms with Crippen LogP contribution in [0.1, 0.15) is 13.9 Å². The fraction of sp³-hybridized carbons (Fsp3) is 0.182. The summed E-state index contributed by atoms with van der Waals surface area (Å²) in [6.07, 6.45) is 0. The number of rotatable bonds is 2. The van der Waals surface area contributed by atoms with Gasteiger partial charge in [0.15, 0.2) is 0 Å². The topological polar surface area (TPSA) is 52.7 Å². The van der Waals surface area contributed by atoms with E-state index in [1.165, 1.54) is 7.05 Å². The van der Waals surface area contributed by atoms with Crippen LogP contribution in [0.15, 0.2) is 35.6 Å². The van der Waals surface area contributed by atoms with Crippen LogP contribution in [0.3, 0.4) is 0 Å². The van der Waals surface area contributed by atoms with E-state index in [2.05, 4.69) is 17.0 Å². The summed E-state index contributed by atoms with van der Waals surface area (Å²) in [5, 5.41) is 7.33. The first-order chi connectivity index (χ1) is 8.02. The van der Waals surface area contributed by atoms with Crippen LogP contribution in [-0.2, 0) is 7.05 Å². The van der Waals surface area contributed by atoms with Crippen molar-refractivity contribution in [2.45, 2.75) is 6.92 Å². The van der Waals surface area contributed by atoms with Crippen molar-refractivity contribution >= 4 is 5.57 Å². The van der Waals surface area contributed by atoms with Crippen molar-refractivity contribution in [1.82, 2.24) is 19.8 Å². The molecule has 0 N–H and O–H groups in total. The normalized spacial score (nSPS) is 11.2. The summed E-state index contributed by atoms with van der Waals surface area (Å²) in [4.78, 5) is 11.7. The lowest BCUT2D eigenvalue weighted by atomic mass is 10.1. The highest BCUT2D eigenvalue weighted by atomic mass is 16.2. The van der Waals surface area contributed by atoms with Gasteiger partial charge < -0.3 is 0 Å². The first kappa shape index (κ1) is 9.08. The summed E-state index contributed by atoms with van der Waals surface area (Å²) >= 11 is 0. The Hall–Kier alpha value is -2.17. The van der Waals surface area contributed by atoms with Gasteiger partial charge in [-0.25, -0.2) is 4.79 Å². The van der Waals surface area contributed by atoms with Crippen LogP contribution in [0.4, 0.5) is 0 Å². The Morgan fingerprint density at radius 3 is 2.81 bits per heavy atom. The Morgan fingerprint density at radius 2 is 2.25 bits per heavy atom. The zero-order chi connectivity index (χ0) is 12.6. The molecule has 5 heteroatoms. The number of aryl methyl sites for hydroxylation is 1. The lowest BCUT2D eigenvalue weighted by molar-refractivity contribution is 0.693. The van der Waals surface area contributed by atoms with Gasteiger partial charge in [-0.15, -0.1) is 0 Å². The van der Waals surface area contributed by atoms with Crippen molar-refractivity contribution < 1.29 is 1.37 Å². The molecule has 0 unspecified atom stereocenters. The fourth-order valence-corrected chi connectivity index (χ4v) is 1.29. The zero-order valence-corrected chi connectivity index (χ0v) is 9.14. The smallest absolute Gasteiger partial charge is 0.244 e. The quantitative estimate of drug-likeness (QED) is 0.755. The molecular weight excluding hydrogens is 204 g/mol. The van der Waals surface area contributed by atoms with Gasteiger partial charge in [0.05, 0.1) is 7.06 Å². The van der Waals surface area contributed by atoms with Crippen LogP contribution in [0, 0.1) is 0 Å². The van der Waals surface area contributed by atoms with Crippen molar-refractivity contribution in [2.24, 2.45) is 7.05 Å². The molecule has 0 saturated carbocycles. The summed E-state index contributed by atoms with van der Waals surface area (Å²) in [6.45, 7) is 5.62. The lowest BCUT2D eigenvalue weighted by Gasteiger charge is -2.02. The largest absolute Gasteiger partial charge is 0.368 e. The average molecular weight is 218 g/mol. The van der Waals surface area contributed by atoms with E-state index in [4.69, 9.17) is 1.37 Å². The molecule has 0 radical (unpaired) electrons. The molecule has 0 saturated heterocycles. The molecule has 2 rings (SSSR count). The molecule has 82 valence electrons. The lowest BCUT2D eigenvalue weighted by Crippen LogP contribution is -2.21. The number of aromatic nitrogens is 4. The Kier molecular flexibility index (Phi) is 2.14. The number of benzene rings is 1. The van der Waals surface area contributed by atoms with Crippen LogP contribution in [0.2, 0.25) is 0 Å². The maximum atomic E-state index is 11.7. The molecule has 16 heavy (non-hydrogen) atoms. The highest BCUT2D eigenvalue weighted by Gasteiger charge is 2.06. The van der Waals surface area contributed by atoms with Gasteiger partial charge in [-0.05, 0) is 35.0 Å². The van der Waals surface area contributed by atoms with Crippen molar-refractivity contribution in [3.05, 3.63) is 46.9 Å². The Labute approximate surface area is 94.0 Å². The van der Waals surface area contributed by atoms with E-state index in [0.717, 1.165) is 14.9 Å². The van der Waals surface area contributed by atoms with Crippen LogP contribution < -0.4 is 5.69 Å². The maximum Gasteiger partial charge on any atom is 0.368 e. The van der Waals surface area contributed by atoms with Gasteiger partial charge in [0.2, 0.25) is 0 Å². The molecule has 1 aromatic carbocycles. The van der Waals surface area contributed by atoms with Gasteiger partial charge in [-0.1, -0.05) is 24.3 Å². The minimum absolute atomic E-state index is 0.225. The third kappa shape index (κ3) is 1.67. The molecular formula is C11H12N4O. The van der Waals surface area contributed by atoms with Gasteiger partial charge in [0.1, 0.15) is 0 Å². The monoisotopic (exact) mass is 218 g/mol. The number of nitrogens with zero attached hydrogens (tertiary/aromatic N) is 4. The van der Waals surface area contributed by atoms with Crippen molar-refractivity contribution in [3.63, 3.8) is 0 Å². The molecule has 0 bridgehead atoms. The minimum atomic E-state index is -0.377. The van der Waals surface area contributed by atoms with Crippen LogP contribution in [-0.4, -0.2) is 19.8 Å². The average Bonchev–Trinajstić information content (AvgIpc) is 2.60. The molecule has 0 aliphatic carbocycles. The van der Waals surface area contributed by atoms with Crippen molar-refractivity contribution in [1.29, 1.82) is 0 Å². The molecule has 0 aliphatic rings. The number of allylic oxidation sites excluding steroid dienone is 1. The molecule has 0 aliphatic heterocycles. The first-order valence-corrected chi connectivity index (χ1v) is 4.77. The highest BCUT2D eigenvalue weighted by Crippen LogP contribution is 2.14. The summed E-state index contributed by atoms with van der Waals surface area (Å²) in [7, 11) is 1.51. The Morgan fingerprint density at radius 1 is 1.50 bits per heavy atom. The predicted molar refractivity (Wildman–Crippen MR) is 61.3 cm³/mol. The molecule has 1 heterocycles. The van der Waals surface area contributed by atoms with E-state index in [-0.39, 0.29) is 11.7 Å². The first-order valence-electron chi connectivity index (χ1n) is 5.27. The van der Waals surface area contributed by atoms with E-state index >= 15 is 0 Å². The second-order valence-corrected chi connectivity index (χ2v) is 3.53. The van der Waals surface area contributed by atoms with Gasteiger partial charge in [0, 0.05) is 7.05 Å². The third-order valence-corrected chi connectivity index (χ3v) is 2.19. The molecule has 0 atom stereocenters. The van der Waals surface area contributed by atoms with Gasteiger partial charge in [-0.3, -0.25) is 0 Å². The second kappa shape index (κ2) is 3.77. The Bertz CT molecular complexity index is 641. The number of hydrogen-bond acceptors (Lipinski definition) is 3. The molecule has 5 nitrogen and oxygen atoms in total. The van der Waals surface area contributed by atoms with Gasteiger partial charge in [0.25, 0.3) is 0 Å². The second-order valence-electron chi connectivity index (χ2n) is 3.53. The zero-order valence-electron chi connectivity index (χ0n) is 10.1. The van der Waals surface area contributed by atoms with E-state index < -0.39 is 0 Å². The van der Waals surface area contributed by atoms with Crippen LogP contribution >= 0.6 is 0 Å². The molecule has 2 aromatic rings. The van der Waals surface area contributed by atoms with Crippen LogP contribution in [0.5, 0.6) is 0 Å². The van der Waals surface area contributed by atoms with E-state index in [0.29, 0.717) is 11.3 Å². The van der Waals surface area contributed by atoms with Crippen LogP contribution in [0.25, 0.3) is 11.3 Å². The van der Waals surface area contributed by atoms with Gasteiger partial charge in [-0.2, -0.15) is 9.36 Å². The summed E-state index contributed by atoms with van der Waals surface area (Å²) in [5.74, 6) is 0. The fourth-order valence-electron chi connectivity index (χ4n) is 1.29. The predicted octanol–water partition coefficient (Wildman–Crippen LogP) is 0.999. The molecule has 0 amide bonds. The number of hydrogen-bond donors (Lipinski definition) is 0. The summed E-state index contributed by atoms with van der Waals surface area (Å²) in [5.41, 5.74) is 1.50. The number of tetrazole rings is 1. The standard InChI is InChI=1S/C11H12N4O/c1-8(2)9-5-4-6-10(7-9)15-11(16)14(3)12-13-15/h4-7H,1H2,2-3H3/i7T. The third-order valence-electron chi connectivity index (χ3n) is 2.19. The molecule has 0 spiro atoms. The SMILES string of the molecule is [3H]c1c(C(=C)C)cccc1-n1nnn(C)c1=O. The van der Waals surface area contributed by atoms with E-state index in [1.54, 1.807) is 18.2 Å². The van der Waals surface area contributed by atoms with E-state index in [1.807, 2.05) is 6.92 Å². The highest BCUT2D eigenvalue weighted by molar-refractivity contribution is 5.63. The van der Waals surface area contributed by atoms with Gasteiger partial charge >= 0.3 is 5.69 Å². The minimum Gasteiger partial charge on any atom is -0.244 e. The van der Waals surface area contributed by atoms with E-state index in [9.17, 15) is 4.79 Å². The summed E-state index contributed by atoms with van der Waals surface area (Å²) < 4.78 is 10.2.